The monoisotopic (exact) mass is 518 g/mol. The second kappa shape index (κ2) is 11.1. The summed E-state index contributed by atoms with van der Waals surface area (Å²) in [6.45, 7) is 1.92. The number of ether oxygens (including phenoxy) is 3. The second-order valence-corrected chi connectivity index (χ2v) is 9.59. The molecule has 190 valence electrons. The molecule has 0 radical (unpaired) electrons. The lowest BCUT2D eigenvalue weighted by molar-refractivity contribution is -0.139. The SMILES string of the molecule is COc1cc(/C=C2/SC(=O)N(CC(=O)N3CCOCC3)C2=O)ccc1OCc1cccc2ccccc12. The third-order valence-corrected chi connectivity index (χ3v) is 7.19. The summed E-state index contributed by atoms with van der Waals surface area (Å²) < 4.78 is 16.9. The number of rotatable bonds is 7. The van der Waals surface area contributed by atoms with Gasteiger partial charge in [0.05, 0.1) is 25.2 Å². The maximum absolute atomic E-state index is 12.9. The Hall–Kier alpha value is -3.82. The Morgan fingerprint density at radius 3 is 2.62 bits per heavy atom. The normalized spacial score (nSPS) is 17.1. The molecular formula is C28H26N2O6S. The predicted molar refractivity (Wildman–Crippen MR) is 141 cm³/mol. The highest BCUT2D eigenvalue weighted by atomic mass is 32.2. The van der Waals surface area contributed by atoms with Crippen molar-refractivity contribution in [3.63, 3.8) is 0 Å². The van der Waals surface area contributed by atoms with E-state index in [1.54, 1.807) is 36.3 Å². The van der Waals surface area contributed by atoms with Crippen molar-refractivity contribution in [3.05, 3.63) is 76.7 Å². The molecule has 0 aromatic heterocycles. The Morgan fingerprint density at radius 1 is 1.03 bits per heavy atom. The number of carbonyl (C=O) groups excluding carboxylic acids is 3. The molecule has 2 aliphatic heterocycles. The van der Waals surface area contributed by atoms with Gasteiger partial charge in [-0.15, -0.1) is 0 Å². The fourth-order valence-electron chi connectivity index (χ4n) is 4.30. The molecule has 0 atom stereocenters. The van der Waals surface area contributed by atoms with E-state index in [1.807, 2.05) is 24.3 Å². The number of carbonyl (C=O) groups is 3. The number of benzene rings is 3. The Kier molecular flexibility index (Phi) is 7.43. The summed E-state index contributed by atoms with van der Waals surface area (Å²) in [7, 11) is 1.55. The molecule has 3 amide bonds. The number of hydrogen-bond acceptors (Lipinski definition) is 7. The van der Waals surface area contributed by atoms with Crippen LogP contribution in [0.15, 0.2) is 65.6 Å². The fourth-order valence-corrected chi connectivity index (χ4v) is 5.14. The van der Waals surface area contributed by atoms with Gasteiger partial charge in [-0.3, -0.25) is 19.3 Å². The van der Waals surface area contributed by atoms with Gasteiger partial charge in [0.15, 0.2) is 11.5 Å². The molecule has 0 bridgehead atoms. The molecule has 0 N–H and O–H groups in total. The van der Waals surface area contributed by atoms with E-state index in [2.05, 4.69) is 18.2 Å². The highest BCUT2D eigenvalue weighted by Crippen LogP contribution is 2.35. The van der Waals surface area contributed by atoms with Gasteiger partial charge < -0.3 is 19.1 Å². The molecule has 0 aliphatic carbocycles. The average Bonchev–Trinajstić information content (AvgIpc) is 3.19. The maximum Gasteiger partial charge on any atom is 0.294 e. The maximum atomic E-state index is 12.9. The number of amides is 3. The van der Waals surface area contributed by atoms with Crippen LogP contribution in [-0.4, -0.2) is 66.8 Å². The van der Waals surface area contributed by atoms with Crippen molar-refractivity contribution in [2.75, 3.05) is 40.0 Å². The lowest BCUT2D eigenvalue weighted by Gasteiger charge is -2.28. The van der Waals surface area contributed by atoms with Crippen LogP contribution in [0.2, 0.25) is 0 Å². The van der Waals surface area contributed by atoms with Crippen LogP contribution in [0.3, 0.4) is 0 Å². The summed E-state index contributed by atoms with van der Waals surface area (Å²) in [6.07, 6.45) is 1.63. The fraction of sp³-hybridized carbons (Fsp3) is 0.250. The van der Waals surface area contributed by atoms with Crippen molar-refractivity contribution in [1.82, 2.24) is 9.80 Å². The molecule has 2 heterocycles. The van der Waals surface area contributed by atoms with Gasteiger partial charge in [-0.1, -0.05) is 48.5 Å². The van der Waals surface area contributed by atoms with Crippen LogP contribution in [0.4, 0.5) is 4.79 Å². The minimum atomic E-state index is -0.480. The van der Waals surface area contributed by atoms with Gasteiger partial charge in [0.25, 0.3) is 11.1 Å². The van der Waals surface area contributed by atoms with E-state index in [0.29, 0.717) is 50.0 Å². The highest BCUT2D eigenvalue weighted by molar-refractivity contribution is 8.18. The largest absolute Gasteiger partial charge is 0.493 e. The van der Waals surface area contributed by atoms with Crippen LogP contribution >= 0.6 is 11.8 Å². The zero-order chi connectivity index (χ0) is 25.8. The molecule has 2 saturated heterocycles. The van der Waals surface area contributed by atoms with Gasteiger partial charge in [-0.2, -0.15) is 0 Å². The number of imide groups is 1. The third kappa shape index (κ3) is 5.47. The van der Waals surface area contributed by atoms with E-state index in [9.17, 15) is 14.4 Å². The Morgan fingerprint density at radius 2 is 1.81 bits per heavy atom. The topological polar surface area (TPSA) is 85.4 Å². The molecule has 37 heavy (non-hydrogen) atoms. The number of thioether (sulfide) groups is 1. The smallest absolute Gasteiger partial charge is 0.294 e. The molecule has 3 aromatic carbocycles. The minimum absolute atomic E-state index is 0.256. The summed E-state index contributed by atoms with van der Waals surface area (Å²) in [6, 6.07) is 19.6. The Balaban J connectivity index is 1.28. The van der Waals surface area contributed by atoms with Crippen LogP contribution < -0.4 is 9.47 Å². The molecular weight excluding hydrogens is 492 g/mol. The number of fused-ring (bicyclic) bond motifs is 1. The van der Waals surface area contributed by atoms with E-state index in [4.69, 9.17) is 14.2 Å². The predicted octanol–water partition coefficient (Wildman–Crippen LogP) is 4.32. The molecule has 3 aromatic rings. The number of nitrogens with zero attached hydrogens (tertiary/aromatic N) is 2. The van der Waals surface area contributed by atoms with E-state index < -0.39 is 11.1 Å². The lowest BCUT2D eigenvalue weighted by atomic mass is 10.1. The number of morpholine rings is 1. The molecule has 0 spiro atoms. The number of methoxy groups -OCH3 is 1. The first-order valence-electron chi connectivity index (χ1n) is 11.9. The molecule has 2 aliphatic rings. The standard InChI is InChI=1S/C28H26N2O6S/c1-34-24-15-19(9-10-23(24)36-18-21-7-4-6-20-5-2-3-8-22(20)21)16-25-27(32)30(28(33)37-25)17-26(31)29-11-13-35-14-12-29/h2-10,15-16H,11-14,17-18H2,1H3/b25-16+. The first-order chi connectivity index (χ1) is 18.0. The first kappa shape index (κ1) is 24.9. The lowest BCUT2D eigenvalue weighted by Crippen LogP contribution is -2.46. The van der Waals surface area contributed by atoms with Gasteiger partial charge in [0, 0.05) is 13.1 Å². The van der Waals surface area contributed by atoms with Crippen LogP contribution in [-0.2, 0) is 20.9 Å². The van der Waals surface area contributed by atoms with E-state index in [-0.39, 0.29) is 17.4 Å². The summed E-state index contributed by atoms with van der Waals surface area (Å²) in [5.41, 5.74) is 1.74. The summed E-state index contributed by atoms with van der Waals surface area (Å²) >= 11 is 0.823. The van der Waals surface area contributed by atoms with E-state index in [1.165, 1.54) is 0 Å². The number of hydrogen-bond donors (Lipinski definition) is 0. The van der Waals surface area contributed by atoms with E-state index in [0.717, 1.165) is 33.0 Å². The quantitative estimate of drug-likeness (QED) is 0.431. The second-order valence-electron chi connectivity index (χ2n) is 8.60. The summed E-state index contributed by atoms with van der Waals surface area (Å²) in [5, 5.41) is 1.81. The van der Waals surface area contributed by atoms with Crippen LogP contribution in [0.25, 0.3) is 16.8 Å². The third-order valence-electron chi connectivity index (χ3n) is 6.28. The van der Waals surface area contributed by atoms with Crippen molar-refractivity contribution in [2.24, 2.45) is 0 Å². The molecule has 8 nitrogen and oxygen atoms in total. The van der Waals surface area contributed by atoms with Crippen LogP contribution in [0.1, 0.15) is 11.1 Å². The van der Waals surface area contributed by atoms with Gasteiger partial charge in [0.2, 0.25) is 5.91 Å². The van der Waals surface area contributed by atoms with Gasteiger partial charge in [0.1, 0.15) is 13.2 Å². The molecule has 5 rings (SSSR count). The summed E-state index contributed by atoms with van der Waals surface area (Å²) in [4.78, 5) is 40.8. The molecule has 0 saturated carbocycles. The zero-order valence-corrected chi connectivity index (χ0v) is 21.2. The Labute approximate surface area is 218 Å². The highest BCUT2D eigenvalue weighted by Gasteiger charge is 2.37. The van der Waals surface area contributed by atoms with Crippen molar-refractivity contribution in [3.8, 4) is 11.5 Å². The van der Waals surface area contributed by atoms with Gasteiger partial charge in [-0.05, 0) is 51.9 Å². The van der Waals surface area contributed by atoms with Crippen LogP contribution in [0, 0.1) is 0 Å². The van der Waals surface area contributed by atoms with Crippen molar-refractivity contribution >= 4 is 45.7 Å². The molecule has 2 fully saturated rings. The van der Waals surface area contributed by atoms with Crippen molar-refractivity contribution < 1.29 is 28.6 Å². The molecule has 0 unspecified atom stereocenters. The van der Waals surface area contributed by atoms with Crippen molar-refractivity contribution in [2.45, 2.75) is 6.61 Å². The van der Waals surface area contributed by atoms with E-state index >= 15 is 0 Å². The van der Waals surface area contributed by atoms with Gasteiger partial charge >= 0.3 is 0 Å². The van der Waals surface area contributed by atoms with Crippen molar-refractivity contribution in [1.29, 1.82) is 0 Å². The summed E-state index contributed by atoms with van der Waals surface area (Å²) in [5.74, 6) is 0.334. The first-order valence-corrected chi connectivity index (χ1v) is 12.7. The molecule has 9 heteroatoms. The van der Waals surface area contributed by atoms with Gasteiger partial charge in [-0.25, -0.2) is 0 Å². The zero-order valence-electron chi connectivity index (χ0n) is 20.3. The average molecular weight is 519 g/mol. The van der Waals surface area contributed by atoms with Crippen LogP contribution in [0.5, 0.6) is 11.5 Å². The Bertz CT molecular complexity index is 1380. The minimum Gasteiger partial charge on any atom is -0.493 e.